The van der Waals surface area contributed by atoms with E-state index in [0.717, 1.165) is 50.8 Å². The van der Waals surface area contributed by atoms with E-state index in [1.54, 1.807) is 11.3 Å². The van der Waals surface area contributed by atoms with Gasteiger partial charge in [-0.1, -0.05) is 0 Å². The van der Waals surface area contributed by atoms with Gasteiger partial charge in [-0.2, -0.15) is 0 Å². The molecule has 116 valence electrons. The number of piperazine rings is 1. The number of ether oxygens (including phenoxy) is 1. The highest BCUT2D eigenvalue weighted by atomic mass is 32.1. The van der Waals surface area contributed by atoms with Gasteiger partial charge in [0.15, 0.2) is 5.13 Å². The third-order valence-corrected chi connectivity index (χ3v) is 4.96. The lowest BCUT2D eigenvalue weighted by Gasteiger charge is -2.35. The van der Waals surface area contributed by atoms with E-state index in [1.807, 2.05) is 23.4 Å². The Hall–Kier alpha value is -1.34. The first-order valence-electron chi connectivity index (χ1n) is 7.55. The molecule has 0 radical (unpaired) electrons. The lowest BCUT2D eigenvalue weighted by Crippen LogP contribution is -2.54. The van der Waals surface area contributed by atoms with Gasteiger partial charge in [0.25, 0.3) is 0 Å². The summed E-state index contributed by atoms with van der Waals surface area (Å²) in [5, 5.41) is 6.10. The van der Waals surface area contributed by atoms with Gasteiger partial charge >= 0.3 is 6.03 Å². The number of urea groups is 1. The Morgan fingerprint density at radius 1 is 1.48 bits per heavy atom. The largest absolute Gasteiger partial charge is 0.376 e. The molecular formula is C14H22N4O2S. The Morgan fingerprint density at radius 2 is 2.29 bits per heavy atom. The molecule has 0 unspecified atom stereocenters. The fourth-order valence-electron chi connectivity index (χ4n) is 2.85. The summed E-state index contributed by atoms with van der Waals surface area (Å²) in [5.74, 6) is 0. The molecule has 0 bridgehead atoms. The number of nitrogens with one attached hydrogen (secondary N) is 1. The number of carbonyl (C=O) groups excluding carboxylic acids is 1. The summed E-state index contributed by atoms with van der Waals surface area (Å²) in [6, 6.07) is 0.105. The number of hydrogen-bond donors (Lipinski definition) is 1. The highest BCUT2D eigenvalue weighted by Gasteiger charge is 2.27. The summed E-state index contributed by atoms with van der Waals surface area (Å²) in [6.07, 6.45) is 4.13. The Kier molecular flexibility index (Phi) is 4.60. The Bertz CT molecular complexity index is 454. The normalized spacial score (nSPS) is 24.1. The van der Waals surface area contributed by atoms with Crippen molar-refractivity contribution < 1.29 is 9.53 Å². The molecule has 2 aliphatic rings. The van der Waals surface area contributed by atoms with Gasteiger partial charge < -0.3 is 19.9 Å². The molecule has 2 fully saturated rings. The van der Waals surface area contributed by atoms with E-state index in [1.165, 1.54) is 0 Å². The zero-order valence-corrected chi connectivity index (χ0v) is 13.1. The highest BCUT2D eigenvalue weighted by molar-refractivity contribution is 7.13. The van der Waals surface area contributed by atoms with Crippen LogP contribution in [-0.2, 0) is 4.74 Å². The first-order valence-corrected chi connectivity index (χ1v) is 8.43. The quantitative estimate of drug-likeness (QED) is 0.920. The van der Waals surface area contributed by atoms with Crippen molar-refractivity contribution in [3.8, 4) is 0 Å². The van der Waals surface area contributed by atoms with Crippen molar-refractivity contribution >= 4 is 22.5 Å². The minimum atomic E-state index is 0.0248. The summed E-state index contributed by atoms with van der Waals surface area (Å²) in [7, 11) is 0. The lowest BCUT2D eigenvalue weighted by molar-refractivity contribution is 0.0831. The zero-order valence-electron chi connectivity index (χ0n) is 12.3. The molecule has 0 spiro atoms. The molecule has 2 saturated heterocycles. The second-order valence-corrected chi connectivity index (χ2v) is 6.45. The van der Waals surface area contributed by atoms with Crippen LogP contribution in [0.3, 0.4) is 0 Å². The predicted molar refractivity (Wildman–Crippen MR) is 82.9 cm³/mol. The van der Waals surface area contributed by atoms with Crippen LogP contribution in [0.1, 0.15) is 19.8 Å². The number of hydrogen-bond acceptors (Lipinski definition) is 5. The van der Waals surface area contributed by atoms with Crippen LogP contribution in [0.25, 0.3) is 0 Å². The highest BCUT2D eigenvalue weighted by Crippen LogP contribution is 2.19. The van der Waals surface area contributed by atoms with Crippen LogP contribution in [-0.4, -0.2) is 60.8 Å². The molecule has 21 heavy (non-hydrogen) atoms. The third kappa shape index (κ3) is 3.47. The van der Waals surface area contributed by atoms with E-state index in [9.17, 15) is 4.79 Å². The molecule has 6 nitrogen and oxygen atoms in total. The van der Waals surface area contributed by atoms with Crippen molar-refractivity contribution in [3.63, 3.8) is 0 Å². The summed E-state index contributed by atoms with van der Waals surface area (Å²) < 4.78 is 5.62. The van der Waals surface area contributed by atoms with Crippen molar-refractivity contribution in [2.45, 2.75) is 31.9 Å². The van der Waals surface area contributed by atoms with Gasteiger partial charge in [0.2, 0.25) is 0 Å². The maximum Gasteiger partial charge on any atom is 0.317 e. The van der Waals surface area contributed by atoms with E-state index in [0.29, 0.717) is 0 Å². The number of amides is 2. The molecule has 0 saturated carbocycles. The monoisotopic (exact) mass is 310 g/mol. The number of rotatable bonds is 3. The number of carbonyl (C=O) groups is 1. The van der Waals surface area contributed by atoms with Crippen LogP contribution in [0.15, 0.2) is 11.6 Å². The molecule has 2 amide bonds. The summed E-state index contributed by atoms with van der Waals surface area (Å²) in [5.41, 5.74) is 0. The van der Waals surface area contributed by atoms with Crippen molar-refractivity contribution in [2.75, 3.05) is 37.7 Å². The molecule has 3 rings (SSSR count). The molecule has 0 aliphatic carbocycles. The van der Waals surface area contributed by atoms with Crippen LogP contribution in [0.5, 0.6) is 0 Å². The molecule has 3 heterocycles. The van der Waals surface area contributed by atoms with Gasteiger partial charge in [-0.15, -0.1) is 11.3 Å². The molecule has 0 aromatic carbocycles. The van der Waals surface area contributed by atoms with Gasteiger partial charge in [0.05, 0.1) is 12.1 Å². The zero-order chi connectivity index (χ0) is 14.7. The van der Waals surface area contributed by atoms with E-state index < -0.39 is 0 Å². The summed E-state index contributed by atoms with van der Waals surface area (Å²) in [6.45, 7) is 6.01. The molecule has 1 N–H and O–H groups in total. The molecule has 2 atom stereocenters. The fourth-order valence-corrected chi connectivity index (χ4v) is 3.55. The van der Waals surface area contributed by atoms with E-state index in [-0.39, 0.29) is 18.2 Å². The van der Waals surface area contributed by atoms with E-state index >= 15 is 0 Å². The van der Waals surface area contributed by atoms with Crippen LogP contribution < -0.4 is 10.2 Å². The Morgan fingerprint density at radius 3 is 2.90 bits per heavy atom. The molecular weight excluding hydrogens is 288 g/mol. The van der Waals surface area contributed by atoms with Gasteiger partial charge in [0, 0.05) is 44.4 Å². The predicted octanol–water partition coefficient (Wildman–Crippen LogP) is 1.54. The van der Waals surface area contributed by atoms with Crippen LogP contribution in [0.2, 0.25) is 0 Å². The van der Waals surface area contributed by atoms with Gasteiger partial charge in [-0.25, -0.2) is 9.78 Å². The fraction of sp³-hybridized carbons (Fsp3) is 0.714. The summed E-state index contributed by atoms with van der Waals surface area (Å²) >= 11 is 1.65. The standard InChI is InChI=1S/C14H22N4O2S/c1-11(12-3-2-9-20-12)16-13(19)17-5-7-18(8-6-17)14-15-4-10-21-14/h4,10-12H,2-3,5-9H2,1H3,(H,16,19)/t11-,12-/m0/s1. The van der Waals surface area contributed by atoms with E-state index in [2.05, 4.69) is 15.2 Å². The van der Waals surface area contributed by atoms with Crippen LogP contribution >= 0.6 is 11.3 Å². The lowest BCUT2D eigenvalue weighted by atomic mass is 10.1. The van der Waals surface area contributed by atoms with Crippen molar-refractivity contribution in [1.29, 1.82) is 0 Å². The second kappa shape index (κ2) is 6.62. The number of nitrogens with zero attached hydrogens (tertiary/aromatic N) is 3. The summed E-state index contributed by atoms with van der Waals surface area (Å²) in [4.78, 5) is 20.7. The number of anilines is 1. The van der Waals surface area contributed by atoms with Gasteiger partial charge in [-0.05, 0) is 19.8 Å². The molecule has 7 heteroatoms. The van der Waals surface area contributed by atoms with Crippen molar-refractivity contribution in [3.05, 3.63) is 11.6 Å². The average Bonchev–Trinajstić information content (AvgIpc) is 3.20. The SMILES string of the molecule is C[C@H](NC(=O)N1CCN(c2nccs2)CC1)[C@@H]1CCCO1. The maximum atomic E-state index is 12.3. The smallest absolute Gasteiger partial charge is 0.317 e. The first kappa shape index (κ1) is 14.6. The maximum absolute atomic E-state index is 12.3. The minimum absolute atomic E-state index is 0.0248. The first-order chi connectivity index (χ1) is 10.2. The van der Waals surface area contributed by atoms with Crippen LogP contribution in [0.4, 0.5) is 9.93 Å². The minimum Gasteiger partial charge on any atom is -0.376 e. The number of thiazole rings is 1. The van der Waals surface area contributed by atoms with E-state index in [4.69, 9.17) is 4.74 Å². The van der Waals surface area contributed by atoms with Gasteiger partial charge in [-0.3, -0.25) is 0 Å². The van der Waals surface area contributed by atoms with Crippen LogP contribution in [0, 0.1) is 0 Å². The Labute approximate surface area is 129 Å². The second-order valence-electron chi connectivity index (χ2n) is 5.58. The average molecular weight is 310 g/mol. The van der Waals surface area contributed by atoms with Crippen molar-refractivity contribution in [2.24, 2.45) is 0 Å². The van der Waals surface area contributed by atoms with Gasteiger partial charge in [0.1, 0.15) is 0 Å². The topological polar surface area (TPSA) is 57.7 Å². The number of aromatic nitrogens is 1. The molecule has 2 aliphatic heterocycles. The van der Waals surface area contributed by atoms with Crippen molar-refractivity contribution in [1.82, 2.24) is 15.2 Å². The Balaban J connectivity index is 1.46. The third-order valence-electron chi connectivity index (χ3n) is 4.13. The molecule has 1 aromatic heterocycles. The molecule has 1 aromatic rings.